The fourth-order valence-corrected chi connectivity index (χ4v) is 3.06. The fraction of sp³-hybridized carbons (Fsp3) is 0.600. The molecule has 0 aromatic carbocycles. The van der Waals surface area contributed by atoms with E-state index in [0.29, 0.717) is 0 Å². The third-order valence-corrected chi connectivity index (χ3v) is 3.73. The van der Waals surface area contributed by atoms with Crippen LogP contribution in [0.3, 0.4) is 0 Å². The maximum Gasteiger partial charge on any atom is 0.211 e. The van der Waals surface area contributed by atoms with Gasteiger partial charge in [-0.25, -0.2) is 23.5 Å². The van der Waals surface area contributed by atoms with Crippen LogP contribution in [0.4, 0.5) is 5.82 Å². The summed E-state index contributed by atoms with van der Waals surface area (Å²) in [7, 11) is -3.44. The van der Waals surface area contributed by atoms with Crippen molar-refractivity contribution in [2.45, 2.75) is 25.8 Å². The predicted octanol–water partition coefficient (Wildman–Crippen LogP) is 0.0423. The smallest absolute Gasteiger partial charge is 0.211 e. The summed E-state index contributed by atoms with van der Waals surface area (Å²) in [5.41, 5.74) is 0.872. The van der Waals surface area contributed by atoms with Crippen molar-refractivity contribution in [1.29, 1.82) is 0 Å². The van der Waals surface area contributed by atoms with Gasteiger partial charge in [-0.3, -0.25) is 0 Å². The van der Waals surface area contributed by atoms with E-state index in [4.69, 9.17) is 5.14 Å². The van der Waals surface area contributed by atoms with E-state index in [2.05, 4.69) is 9.97 Å². The number of rotatable bonds is 3. The molecule has 1 aromatic rings. The van der Waals surface area contributed by atoms with Crippen LogP contribution in [0, 0.1) is 6.92 Å². The largest absolute Gasteiger partial charge is 0.352 e. The van der Waals surface area contributed by atoms with E-state index < -0.39 is 10.0 Å². The first-order valence-electron chi connectivity index (χ1n) is 5.51. The van der Waals surface area contributed by atoms with E-state index >= 15 is 0 Å². The first-order chi connectivity index (χ1) is 7.96. The Bertz CT molecular complexity index is 503. The van der Waals surface area contributed by atoms with Crippen molar-refractivity contribution in [2.24, 2.45) is 5.14 Å². The normalized spacial score (nSPS) is 20.8. The number of nitrogens with zero attached hydrogens (tertiary/aromatic N) is 3. The van der Waals surface area contributed by atoms with Crippen LogP contribution in [-0.4, -0.2) is 36.7 Å². The molecule has 2 N–H and O–H groups in total. The van der Waals surface area contributed by atoms with Gasteiger partial charge in [0.1, 0.15) is 12.1 Å². The molecule has 1 aliphatic rings. The van der Waals surface area contributed by atoms with Crippen LogP contribution in [0.1, 0.15) is 18.5 Å². The number of aryl methyl sites for hydroxylation is 1. The molecule has 1 fully saturated rings. The van der Waals surface area contributed by atoms with E-state index in [1.807, 2.05) is 17.9 Å². The summed E-state index contributed by atoms with van der Waals surface area (Å²) < 4.78 is 22.3. The molecule has 0 spiro atoms. The first-order valence-corrected chi connectivity index (χ1v) is 7.23. The molecule has 1 saturated heterocycles. The van der Waals surface area contributed by atoms with Gasteiger partial charge in [-0.15, -0.1) is 0 Å². The Balaban J connectivity index is 2.20. The van der Waals surface area contributed by atoms with Crippen LogP contribution in [0.15, 0.2) is 12.4 Å². The lowest BCUT2D eigenvalue weighted by Gasteiger charge is -2.24. The molecule has 0 aliphatic carbocycles. The Hall–Kier alpha value is -1.21. The fourth-order valence-electron chi connectivity index (χ4n) is 2.18. The molecule has 17 heavy (non-hydrogen) atoms. The number of nitrogens with two attached hydrogens (primary N) is 1. The summed E-state index contributed by atoms with van der Waals surface area (Å²) in [6, 6.07) is 1.79. The first kappa shape index (κ1) is 12.3. The molecule has 0 saturated carbocycles. The molecule has 2 heterocycles. The molecule has 94 valence electrons. The van der Waals surface area contributed by atoms with Crippen molar-refractivity contribution in [3.63, 3.8) is 0 Å². The van der Waals surface area contributed by atoms with E-state index in [0.717, 1.165) is 30.9 Å². The number of aromatic nitrogens is 2. The number of anilines is 1. The van der Waals surface area contributed by atoms with E-state index in [-0.39, 0.29) is 11.8 Å². The molecule has 7 heteroatoms. The van der Waals surface area contributed by atoms with Gasteiger partial charge < -0.3 is 4.90 Å². The summed E-state index contributed by atoms with van der Waals surface area (Å²) in [6.45, 7) is 2.70. The van der Waals surface area contributed by atoms with Crippen molar-refractivity contribution in [2.75, 3.05) is 17.2 Å². The van der Waals surface area contributed by atoms with Crippen molar-refractivity contribution >= 4 is 15.8 Å². The maximum atomic E-state index is 11.1. The SMILES string of the molecule is Cc1cc(N2CCCC2CS(N)(=O)=O)ncn1. The zero-order valence-corrected chi connectivity index (χ0v) is 10.5. The molecule has 1 aliphatic heterocycles. The van der Waals surface area contributed by atoms with Gasteiger partial charge in [0, 0.05) is 24.3 Å². The number of hydrogen-bond donors (Lipinski definition) is 1. The Morgan fingerprint density at radius 1 is 1.53 bits per heavy atom. The quantitative estimate of drug-likeness (QED) is 0.825. The Kier molecular flexibility index (Phi) is 3.30. The molecule has 1 atom stereocenters. The molecular formula is C10H16N4O2S. The maximum absolute atomic E-state index is 11.1. The van der Waals surface area contributed by atoms with E-state index in [1.54, 1.807) is 0 Å². The Morgan fingerprint density at radius 3 is 2.94 bits per heavy atom. The van der Waals surface area contributed by atoms with Gasteiger partial charge >= 0.3 is 0 Å². The monoisotopic (exact) mass is 256 g/mol. The second-order valence-corrected chi connectivity index (χ2v) is 6.00. The predicted molar refractivity (Wildman–Crippen MR) is 65.1 cm³/mol. The Morgan fingerprint density at radius 2 is 2.29 bits per heavy atom. The third kappa shape index (κ3) is 3.13. The second-order valence-electron chi connectivity index (χ2n) is 4.34. The highest BCUT2D eigenvalue weighted by Crippen LogP contribution is 2.24. The van der Waals surface area contributed by atoms with Crippen LogP contribution in [0.25, 0.3) is 0 Å². The van der Waals surface area contributed by atoms with E-state index in [9.17, 15) is 8.42 Å². The van der Waals surface area contributed by atoms with Crippen molar-refractivity contribution in [1.82, 2.24) is 9.97 Å². The molecule has 1 unspecified atom stereocenters. The van der Waals surface area contributed by atoms with Gasteiger partial charge in [-0.2, -0.15) is 0 Å². The summed E-state index contributed by atoms with van der Waals surface area (Å²) in [5.74, 6) is 0.763. The minimum Gasteiger partial charge on any atom is -0.352 e. The average molecular weight is 256 g/mol. The van der Waals surface area contributed by atoms with Gasteiger partial charge in [0.2, 0.25) is 10.0 Å². The third-order valence-electron chi connectivity index (χ3n) is 2.89. The van der Waals surface area contributed by atoms with Crippen LogP contribution in [0.5, 0.6) is 0 Å². The standard InChI is InChI=1S/C10H16N4O2S/c1-8-5-10(13-7-12-8)14-4-2-3-9(14)6-17(11,15)16/h5,7,9H,2-4,6H2,1H3,(H2,11,15,16). The molecule has 2 rings (SSSR count). The summed E-state index contributed by atoms with van der Waals surface area (Å²) in [5, 5.41) is 5.10. The van der Waals surface area contributed by atoms with Crippen molar-refractivity contribution in [3.8, 4) is 0 Å². The minimum atomic E-state index is -3.44. The van der Waals surface area contributed by atoms with Crippen molar-refractivity contribution in [3.05, 3.63) is 18.1 Å². The summed E-state index contributed by atoms with van der Waals surface area (Å²) in [6.07, 6.45) is 3.29. The second kappa shape index (κ2) is 4.58. The molecule has 0 radical (unpaired) electrons. The highest BCUT2D eigenvalue weighted by atomic mass is 32.2. The zero-order valence-electron chi connectivity index (χ0n) is 9.70. The van der Waals surface area contributed by atoms with Gasteiger partial charge in [0.15, 0.2) is 0 Å². The van der Waals surface area contributed by atoms with E-state index in [1.165, 1.54) is 6.33 Å². The van der Waals surface area contributed by atoms with Crippen LogP contribution in [-0.2, 0) is 10.0 Å². The number of primary sulfonamides is 1. The summed E-state index contributed by atoms with van der Waals surface area (Å²) in [4.78, 5) is 10.2. The van der Waals surface area contributed by atoms with Crippen molar-refractivity contribution < 1.29 is 8.42 Å². The van der Waals surface area contributed by atoms with Crippen LogP contribution < -0.4 is 10.0 Å². The average Bonchev–Trinajstić information content (AvgIpc) is 2.63. The lowest BCUT2D eigenvalue weighted by atomic mass is 10.2. The topological polar surface area (TPSA) is 89.2 Å². The number of sulfonamides is 1. The molecule has 6 nitrogen and oxygen atoms in total. The molecule has 0 amide bonds. The summed E-state index contributed by atoms with van der Waals surface area (Å²) >= 11 is 0. The molecular weight excluding hydrogens is 240 g/mol. The van der Waals surface area contributed by atoms with Gasteiger partial charge in [0.05, 0.1) is 5.75 Å². The van der Waals surface area contributed by atoms with Gasteiger partial charge in [-0.1, -0.05) is 0 Å². The van der Waals surface area contributed by atoms with Gasteiger partial charge in [0.25, 0.3) is 0 Å². The molecule has 0 bridgehead atoms. The number of hydrogen-bond acceptors (Lipinski definition) is 5. The highest BCUT2D eigenvalue weighted by Gasteiger charge is 2.28. The Labute approximate surface area is 101 Å². The van der Waals surface area contributed by atoms with Gasteiger partial charge in [-0.05, 0) is 19.8 Å². The van der Waals surface area contributed by atoms with Crippen LogP contribution in [0.2, 0.25) is 0 Å². The lowest BCUT2D eigenvalue weighted by molar-refractivity contribution is 0.586. The lowest BCUT2D eigenvalue weighted by Crippen LogP contribution is -2.37. The minimum absolute atomic E-state index is 0.0178. The molecule has 1 aromatic heterocycles. The zero-order chi connectivity index (χ0) is 12.5. The van der Waals surface area contributed by atoms with Crippen LogP contribution >= 0.6 is 0 Å². The highest BCUT2D eigenvalue weighted by molar-refractivity contribution is 7.89.